The number of ether oxygens (including phenoxy) is 1. The Bertz CT molecular complexity index is 1170. The van der Waals surface area contributed by atoms with E-state index in [1.807, 2.05) is 60.8 Å². The third-order valence-corrected chi connectivity index (χ3v) is 7.69. The second-order valence-corrected chi connectivity index (χ2v) is 11.9. The van der Waals surface area contributed by atoms with E-state index in [9.17, 15) is 4.79 Å². The molecule has 4 nitrogen and oxygen atoms in total. The number of anilines is 1. The molecule has 0 radical (unpaired) electrons. The van der Waals surface area contributed by atoms with E-state index >= 15 is 0 Å². The molecule has 1 aliphatic rings. The summed E-state index contributed by atoms with van der Waals surface area (Å²) in [4.78, 5) is 19.6. The Labute approximate surface area is 213 Å². The first-order chi connectivity index (χ1) is 16.7. The maximum absolute atomic E-state index is 13.4. The highest BCUT2D eigenvalue weighted by Crippen LogP contribution is 2.45. The second kappa shape index (κ2) is 10.8. The molecule has 2 aromatic carbocycles. The Kier molecular flexibility index (Phi) is 7.75. The summed E-state index contributed by atoms with van der Waals surface area (Å²) in [5.41, 5.74) is 3.93. The lowest BCUT2D eigenvalue weighted by atomic mass is 9.72. The van der Waals surface area contributed by atoms with E-state index in [4.69, 9.17) is 9.73 Å². The minimum absolute atomic E-state index is 0.0764. The number of aliphatic imine (C=N–C) groups is 1. The van der Waals surface area contributed by atoms with Crippen molar-refractivity contribution in [3.05, 3.63) is 76.2 Å². The van der Waals surface area contributed by atoms with Crippen molar-refractivity contribution in [2.45, 2.75) is 53.9 Å². The predicted octanol–water partition coefficient (Wildman–Crippen LogP) is 7.94. The molecule has 35 heavy (non-hydrogen) atoms. The summed E-state index contributed by atoms with van der Waals surface area (Å²) in [5.74, 6) is 1.87. The van der Waals surface area contributed by atoms with Crippen LogP contribution in [0.3, 0.4) is 0 Å². The van der Waals surface area contributed by atoms with Crippen molar-refractivity contribution in [1.29, 1.82) is 0 Å². The number of rotatable bonds is 7. The molecule has 0 bridgehead atoms. The molecular weight excluding hydrogens is 452 g/mol. The molecule has 1 atom stereocenters. The predicted molar refractivity (Wildman–Crippen MR) is 148 cm³/mol. The fraction of sp³-hybridized carbons (Fsp3) is 0.400. The number of nitrogens with one attached hydrogen (secondary N) is 1. The first-order valence-corrected chi connectivity index (χ1v) is 13.3. The van der Waals surface area contributed by atoms with Gasteiger partial charge in [0.1, 0.15) is 10.8 Å². The van der Waals surface area contributed by atoms with Crippen molar-refractivity contribution in [2.75, 3.05) is 11.9 Å². The van der Waals surface area contributed by atoms with Gasteiger partial charge in [0.2, 0.25) is 0 Å². The van der Waals surface area contributed by atoms with Gasteiger partial charge < -0.3 is 10.1 Å². The van der Waals surface area contributed by atoms with E-state index in [2.05, 4.69) is 39.9 Å². The molecule has 1 N–H and O–H groups in total. The van der Waals surface area contributed by atoms with Crippen LogP contribution in [0.25, 0.3) is 0 Å². The Morgan fingerprint density at radius 3 is 2.51 bits per heavy atom. The normalized spacial score (nSPS) is 15.9. The van der Waals surface area contributed by atoms with Gasteiger partial charge in [0.15, 0.2) is 0 Å². The number of amides is 1. The first kappa shape index (κ1) is 25.2. The number of hydrogen-bond donors (Lipinski definition) is 1. The molecule has 4 rings (SSSR count). The lowest BCUT2D eigenvalue weighted by Gasteiger charge is -2.33. The van der Waals surface area contributed by atoms with Crippen molar-refractivity contribution in [3.63, 3.8) is 0 Å². The maximum atomic E-state index is 13.4. The molecule has 3 aromatic rings. The number of fused-ring (bicyclic) bond motifs is 1. The zero-order chi connectivity index (χ0) is 25.0. The van der Waals surface area contributed by atoms with Crippen molar-refractivity contribution in [1.82, 2.24) is 0 Å². The molecule has 0 saturated heterocycles. The lowest BCUT2D eigenvalue weighted by Crippen LogP contribution is -2.27. The van der Waals surface area contributed by atoms with Crippen LogP contribution in [0.15, 0.2) is 59.6 Å². The smallest absolute Gasteiger partial charge is 0.259 e. The average Bonchev–Trinajstić information content (AvgIpc) is 3.20. The van der Waals surface area contributed by atoms with Crippen molar-refractivity contribution < 1.29 is 9.53 Å². The highest BCUT2D eigenvalue weighted by atomic mass is 32.1. The van der Waals surface area contributed by atoms with Crippen LogP contribution in [0.5, 0.6) is 5.75 Å². The lowest BCUT2D eigenvalue weighted by molar-refractivity contribution is 0.102. The van der Waals surface area contributed by atoms with Gasteiger partial charge in [-0.2, -0.15) is 0 Å². The summed E-state index contributed by atoms with van der Waals surface area (Å²) < 4.78 is 5.79. The topological polar surface area (TPSA) is 50.7 Å². The highest BCUT2D eigenvalue weighted by molar-refractivity contribution is 7.16. The minimum atomic E-state index is -0.0764. The number of nitrogens with zero attached hydrogens (tertiary/aromatic N) is 1. The van der Waals surface area contributed by atoms with Crippen LogP contribution in [-0.2, 0) is 12.8 Å². The molecule has 184 valence electrons. The van der Waals surface area contributed by atoms with Gasteiger partial charge in [0, 0.05) is 16.8 Å². The highest BCUT2D eigenvalue weighted by Gasteiger charge is 2.33. The maximum Gasteiger partial charge on any atom is 0.259 e. The van der Waals surface area contributed by atoms with Crippen LogP contribution in [-0.4, -0.2) is 18.7 Å². The molecule has 0 unspecified atom stereocenters. The van der Waals surface area contributed by atoms with Crippen molar-refractivity contribution in [3.8, 4) is 5.75 Å². The van der Waals surface area contributed by atoms with Gasteiger partial charge in [-0.05, 0) is 84.0 Å². The SMILES string of the molecule is CC(C)COc1ccc(C=Nc2sc3c(c2C(=O)Nc2ccccc2)CC[C@H](C(C)(C)C)C3)cc1. The third kappa shape index (κ3) is 6.40. The Morgan fingerprint density at radius 1 is 1.14 bits per heavy atom. The molecule has 0 spiro atoms. The van der Waals surface area contributed by atoms with E-state index < -0.39 is 0 Å². The Morgan fingerprint density at radius 2 is 1.86 bits per heavy atom. The van der Waals surface area contributed by atoms with Gasteiger partial charge in [-0.3, -0.25) is 4.79 Å². The van der Waals surface area contributed by atoms with Gasteiger partial charge in [0.05, 0.1) is 12.2 Å². The van der Waals surface area contributed by atoms with Crippen LogP contribution in [0.4, 0.5) is 10.7 Å². The van der Waals surface area contributed by atoms with E-state index in [0.717, 1.165) is 46.8 Å². The molecule has 1 aliphatic carbocycles. The first-order valence-electron chi connectivity index (χ1n) is 12.5. The van der Waals surface area contributed by atoms with Crippen LogP contribution < -0.4 is 10.1 Å². The van der Waals surface area contributed by atoms with E-state index in [-0.39, 0.29) is 11.3 Å². The molecule has 1 amide bonds. The number of benzene rings is 2. The number of thiophene rings is 1. The zero-order valence-electron chi connectivity index (χ0n) is 21.4. The standard InChI is InChI=1S/C30H36N2O2S/c1-20(2)19-34-24-14-11-21(12-15-24)18-31-29-27(28(33)32-23-9-7-6-8-10-23)25-16-13-22(30(3,4)5)17-26(25)35-29/h6-12,14-15,18,20,22H,13,16-17,19H2,1-5H3,(H,32,33)/t22-/m0/s1. The van der Waals surface area contributed by atoms with Gasteiger partial charge in [-0.1, -0.05) is 52.8 Å². The zero-order valence-corrected chi connectivity index (χ0v) is 22.2. The summed E-state index contributed by atoms with van der Waals surface area (Å²) >= 11 is 1.67. The third-order valence-electron chi connectivity index (χ3n) is 6.52. The molecule has 0 saturated carbocycles. The van der Waals surface area contributed by atoms with Crippen molar-refractivity contribution >= 4 is 34.1 Å². The Balaban J connectivity index is 1.61. The van der Waals surface area contributed by atoms with Gasteiger partial charge in [-0.25, -0.2) is 4.99 Å². The summed E-state index contributed by atoms with van der Waals surface area (Å²) in [6.07, 6.45) is 4.87. The number of hydrogen-bond acceptors (Lipinski definition) is 4. The van der Waals surface area contributed by atoms with Gasteiger partial charge in [-0.15, -0.1) is 11.3 Å². The van der Waals surface area contributed by atoms with Crippen molar-refractivity contribution in [2.24, 2.45) is 22.2 Å². The molecule has 5 heteroatoms. The van der Waals surface area contributed by atoms with E-state index in [0.29, 0.717) is 18.4 Å². The Hall–Kier alpha value is -2.92. The number of para-hydroxylation sites is 1. The molecule has 0 aliphatic heterocycles. The van der Waals surface area contributed by atoms with Crippen LogP contribution in [0, 0.1) is 17.3 Å². The van der Waals surface area contributed by atoms with Crippen LogP contribution >= 0.6 is 11.3 Å². The fourth-order valence-electron chi connectivity index (χ4n) is 4.40. The number of carbonyl (C=O) groups excluding carboxylic acids is 1. The van der Waals surface area contributed by atoms with E-state index in [1.54, 1.807) is 11.3 Å². The summed E-state index contributed by atoms with van der Waals surface area (Å²) in [6.45, 7) is 11.9. The quantitative estimate of drug-likeness (QED) is 0.343. The summed E-state index contributed by atoms with van der Waals surface area (Å²) in [5, 5.41) is 3.87. The molecule has 0 fully saturated rings. The van der Waals surface area contributed by atoms with Gasteiger partial charge >= 0.3 is 0 Å². The van der Waals surface area contributed by atoms with Gasteiger partial charge in [0.25, 0.3) is 5.91 Å². The second-order valence-electron chi connectivity index (χ2n) is 10.8. The van der Waals surface area contributed by atoms with Crippen LogP contribution in [0.2, 0.25) is 0 Å². The molecule has 1 heterocycles. The minimum Gasteiger partial charge on any atom is -0.493 e. The average molecular weight is 489 g/mol. The summed E-state index contributed by atoms with van der Waals surface area (Å²) in [6, 6.07) is 17.6. The molecular formula is C30H36N2O2S. The molecule has 1 aromatic heterocycles. The number of carbonyl (C=O) groups is 1. The van der Waals surface area contributed by atoms with Crippen LogP contribution in [0.1, 0.15) is 67.4 Å². The monoisotopic (exact) mass is 488 g/mol. The largest absolute Gasteiger partial charge is 0.493 e. The van der Waals surface area contributed by atoms with E-state index in [1.165, 1.54) is 10.4 Å². The fourth-order valence-corrected chi connectivity index (χ4v) is 5.67. The summed E-state index contributed by atoms with van der Waals surface area (Å²) in [7, 11) is 0.